The summed E-state index contributed by atoms with van der Waals surface area (Å²) in [5, 5.41) is 18.1. The Bertz CT molecular complexity index is 481. The minimum Gasteiger partial charge on any atom is -0.476 e. The summed E-state index contributed by atoms with van der Waals surface area (Å²) in [6.45, 7) is 6.12. The average Bonchev–Trinajstić information content (AvgIpc) is 2.51. The van der Waals surface area contributed by atoms with Crippen LogP contribution in [0.25, 0.3) is 0 Å². The zero-order chi connectivity index (χ0) is 15.2. The molecule has 1 N–H and O–H groups in total. The van der Waals surface area contributed by atoms with Crippen LogP contribution in [0, 0.1) is 17.2 Å². The van der Waals surface area contributed by atoms with E-state index in [1.165, 1.54) is 5.56 Å². The molecule has 1 heterocycles. The highest BCUT2D eigenvalue weighted by Crippen LogP contribution is 2.24. The number of benzene rings is 1. The van der Waals surface area contributed by atoms with Crippen molar-refractivity contribution in [1.82, 2.24) is 4.90 Å². The van der Waals surface area contributed by atoms with E-state index in [9.17, 15) is 5.11 Å². The molecule has 0 aliphatic carbocycles. The highest BCUT2D eigenvalue weighted by atomic mass is 16.5. The first-order chi connectivity index (χ1) is 10.1. The Hall–Kier alpha value is -1.57. The van der Waals surface area contributed by atoms with Gasteiger partial charge in [0.2, 0.25) is 0 Å². The van der Waals surface area contributed by atoms with Crippen molar-refractivity contribution < 1.29 is 9.84 Å². The molecule has 1 aromatic carbocycles. The van der Waals surface area contributed by atoms with Crippen molar-refractivity contribution in [3.05, 3.63) is 29.8 Å². The van der Waals surface area contributed by atoms with Crippen molar-refractivity contribution in [2.24, 2.45) is 5.92 Å². The number of likely N-dealkylation sites (tertiary alicyclic amines) is 1. The van der Waals surface area contributed by atoms with Gasteiger partial charge in [-0.05, 0) is 50.3 Å². The van der Waals surface area contributed by atoms with Gasteiger partial charge in [-0.3, -0.25) is 4.90 Å². The molecule has 1 saturated heterocycles. The molecule has 0 amide bonds. The van der Waals surface area contributed by atoms with Crippen LogP contribution in [-0.2, 0) is 6.54 Å². The van der Waals surface area contributed by atoms with Gasteiger partial charge in [0.15, 0.2) is 6.10 Å². The first-order valence-corrected chi connectivity index (χ1v) is 7.62. The number of rotatable bonds is 5. The summed E-state index contributed by atoms with van der Waals surface area (Å²) in [6, 6.07) is 10.6. The van der Waals surface area contributed by atoms with Gasteiger partial charge in [-0.25, -0.2) is 0 Å². The van der Waals surface area contributed by atoms with E-state index in [1.807, 2.05) is 12.1 Å². The second kappa shape index (κ2) is 7.44. The van der Waals surface area contributed by atoms with Crippen molar-refractivity contribution in [3.63, 3.8) is 0 Å². The molecule has 1 aliphatic rings. The molecule has 3 unspecified atom stereocenters. The van der Waals surface area contributed by atoms with Gasteiger partial charge in [-0.2, -0.15) is 5.26 Å². The van der Waals surface area contributed by atoms with Gasteiger partial charge in [0.05, 0.1) is 0 Å². The monoisotopic (exact) mass is 288 g/mol. The van der Waals surface area contributed by atoms with E-state index in [0.717, 1.165) is 31.7 Å². The van der Waals surface area contributed by atoms with Crippen molar-refractivity contribution in [1.29, 1.82) is 5.26 Å². The Balaban J connectivity index is 1.94. The summed E-state index contributed by atoms with van der Waals surface area (Å²) in [5.41, 5.74) is 1.23. The van der Waals surface area contributed by atoms with E-state index >= 15 is 0 Å². The van der Waals surface area contributed by atoms with Crippen LogP contribution in [0.4, 0.5) is 0 Å². The Morgan fingerprint density at radius 2 is 2.10 bits per heavy atom. The number of nitrogens with zero attached hydrogens (tertiary/aromatic N) is 2. The largest absolute Gasteiger partial charge is 0.476 e. The molecule has 21 heavy (non-hydrogen) atoms. The molecular weight excluding hydrogens is 264 g/mol. The number of aliphatic hydroxyl groups excluding tert-OH is 1. The van der Waals surface area contributed by atoms with Crippen molar-refractivity contribution in [3.8, 4) is 11.8 Å². The van der Waals surface area contributed by atoms with Gasteiger partial charge in [0, 0.05) is 25.7 Å². The number of hydrogen-bond acceptors (Lipinski definition) is 4. The molecule has 3 atom stereocenters. The lowest BCUT2D eigenvalue weighted by Gasteiger charge is -2.37. The maximum Gasteiger partial charge on any atom is 0.181 e. The van der Waals surface area contributed by atoms with Crippen LogP contribution in [-0.4, -0.2) is 35.3 Å². The summed E-state index contributed by atoms with van der Waals surface area (Å²) in [7, 11) is 0. The lowest BCUT2D eigenvalue weighted by molar-refractivity contribution is 0.0771. The van der Waals surface area contributed by atoms with Gasteiger partial charge >= 0.3 is 0 Å². The second-order valence-electron chi connectivity index (χ2n) is 5.94. The molecule has 4 nitrogen and oxygen atoms in total. The van der Waals surface area contributed by atoms with Crippen LogP contribution in [0.1, 0.15) is 32.3 Å². The molecule has 0 spiro atoms. The smallest absolute Gasteiger partial charge is 0.181 e. The summed E-state index contributed by atoms with van der Waals surface area (Å²) in [4.78, 5) is 2.43. The molecular formula is C17H24N2O2. The number of hydrogen-bond donors (Lipinski definition) is 1. The summed E-state index contributed by atoms with van der Waals surface area (Å²) in [6.07, 6.45) is 1.84. The minimum absolute atomic E-state index is 0.280. The molecule has 2 rings (SSSR count). The SMILES string of the molecule is CC(C#N)Oc1ccc(CN2CC(CO)CCC2C)cc1. The van der Waals surface area contributed by atoms with Crippen LogP contribution in [0.2, 0.25) is 0 Å². The van der Waals surface area contributed by atoms with Crippen LogP contribution in [0.5, 0.6) is 5.75 Å². The van der Waals surface area contributed by atoms with E-state index < -0.39 is 6.10 Å². The fourth-order valence-corrected chi connectivity index (χ4v) is 2.77. The van der Waals surface area contributed by atoms with E-state index in [-0.39, 0.29) is 6.61 Å². The van der Waals surface area contributed by atoms with Gasteiger partial charge in [0.1, 0.15) is 11.8 Å². The fourth-order valence-electron chi connectivity index (χ4n) is 2.77. The van der Waals surface area contributed by atoms with Gasteiger partial charge in [0.25, 0.3) is 0 Å². The first-order valence-electron chi connectivity index (χ1n) is 7.62. The molecule has 0 aromatic heterocycles. The van der Waals surface area contributed by atoms with Gasteiger partial charge < -0.3 is 9.84 Å². The Kier molecular flexibility index (Phi) is 5.60. The summed E-state index contributed by atoms with van der Waals surface area (Å²) >= 11 is 0. The van der Waals surface area contributed by atoms with E-state index in [4.69, 9.17) is 10.00 Å². The third-order valence-corrected chi connectivity index (χ3v) is 4.17. The number of nitriles is 1. The minimum atomic E-state index is -0.428. The molecule has 114 valence electrons. The Morgan fingerprint density at radius 3 is 2.71 bits per heavy atom. The van der Waals surface area contributed by atoms with Crippen LogP contribution in [0.15, 0.2) is 24.3 Å². The molecule has 0 bridgehead atoms. The van der Waals surface area contributed by atoms with E-state index in [1.54, 1.807) is 6.92 Å². The normalized spacial score (nSPS) is 24.3. The van der Waals surface area contributed by atoms with E-state index in [2.05, 4.69) is 30.0 Å². The zero-order valence-electron chi connectivity index (χ0n) is 12.8. The number of ether oxygens (including phenoxy) is 1. The zero-order valence-corrected chi connectivity index (χ0v) is 12.8. The topological polar surface area (TPSA) is 56.5 Å². The third kappa shape index (κ3) is 4.45. The van der Waals surface area contributed by atoms with Crippen LogP contribution in [0.3, 0.4) is 0 Å². The van der Waals surface area contributed by atoms with Crippen molar-refractivity contribution in [2.75, 3.05) is 13.2 Å². The van der Waals surface area contributed by atoms with Crippen molar-refractivity contribution >= 4 is 0 Å². The Morgan fingerprint density at radius 1 is 1.38 bits per heavy atom. The Labute approximate surface area is 127 Å². The molecule has 0 saturated carbocycles. The van der Waals surface area contributed by atoms with Crippen LogP contribution < -0.4 is 4.74 Å². The van der Waals surface area contributed by atoms with Gasteiger partial charge in [-0.15, -0.1) is 0 Å². The highest BCUT2D eigenvalue weighted by molar-refractivity contribution is 5.27. The molecule has 1 aliphatic heterocycles. The molecule has 1 fully saturated rings. The quantitative estimate of drug-likeness (QED) is 0.904. The predicted octanol–water partition coefficient (Wildman–Crippen LogP) is 2.57. The molecule has 1 aromatic rings. The highest BCUT2D eigenvalue weighted by Gasteiger charge is 2.24. The maximum atomic E-state index is 9.34. The predicted molar refractivity (Wildman–Crippen MR) is 81.8 cm³/mol. The second-order valence-corrected chi connectivity index (χ2v) is 5.94. The van der Waals surface area contributed by atoms with E-state index in [0.29, 0.717) is 12.0 Å². The fraction of sp³-hybridized carbons (Fsp3) is 0.588. The summed E-state index contributed by atoms with van der Waals surface area (Å²) in [5.74, 6) is 1.13. The lowest BCUT2D eigenvalue weighted by atomic mass is 9.93. The standard InChI is InChI=1S/C17H24N2O2/c1-13-3-4-16(12-20)11-19(13)10-15-5-7-17(8-6-15)21-14(2)9-18/h5-8,13-14,16,20H,3-4,10-12H2,1-2H3. The van der Waals surface area contributed by atoms with Gasteiger partial charge in [-0.1, -0.05) is 12.1 Å². The van der Waals surface area contributed by atoms with Crippen LogP contribution >= 0.6 is 0 Å². The maximum absolute atomic E-state index is 9.34. The lowest BCUT2D eigenvalue weighted by Crippen LogP contribution is -2.42. The number of piperidine rings is 1. The third-order valence-electron chi connectivity index (χ3n) is 4.17. The van der Waals surface area contributed by atoms with Crippen molar-refractivity contribution in [2.45, 2.75) is 45.4 Å². The first kappa shape index (κ1) is 15.8. The molecule has 4 heteroatoms. The summed E-state index contributed by atoms with van der Waals surface area (Å²) < 4.78 is 5.46. The molecule has 0 radical (unpaired) electrons. The average molecular weight is 288 g/mol. The number of aliphatic hydroxyl groups is 1.